The largest absolute Gasteiger partial charge is 0.311 e. The van der Waals surface area contributed by atoms with Crippen LogP contribution < -0.4 is 31.2 Å². The third-order valence-electron chi connectivity index (χ3n) is 10.8. The average molecular weight is 666 g/mol. The third-order valence-corrected chi connectivity index (χ3v) is 17.5. The fourth-order valence-corrected chi connectivity index (χ4v) is 14.7. The van der Waals surface area contributed by atoms with Crippen LogP contribution in [0.15, 0.2) is 182 Å². The number of para-hydroxylation sites is 2. The smallest absolute Gasteiger partial charge is 0.171 e. The van der Waals surface area contributed by atoms with E-state index in [2.05, 4.69) is 170 Å². The van der Waals surface area contributed by atoms with Gasteiger partial charge in [-0.25, -0.2) is 0 Å². The van der Waals surface area contributed by atoms with Crippen molar-refractivity contribution in [2.45, 2.75) is 18.5 Å². The lowest BCUT2D eigenvalue weighted by Crippen LogP contribution is -2.59. The first-order chi connectivity index (χ1) is 24.0. The molecule has 0 N–H and O–H groups in total. The molecule has 49 heavy (non-hydrogen) atoms. The number of hydrogen-bond acceptors (Lipinski definition) is 2. The quantitative estimate of drug-likeness (QED) is 0.139. The fraction of sp³-hybridized carbons (Fsp3) is 0.0667. The first-order valence-electron chi connectivity index (χ1n) is 17.0. The molecule has 0 aliphatic carbocycles. The average Bonchev–Trinajstić information content (AvgIpc) is 3.17. The predicted octanol–water partition coefficient (Wildman–Crippen LogP) is 8.63. The van der Waals surface area contributed by atoms with Crippen LogP contribution in [0, 0.1) is 0 Å². The number of nitrogens with zero attached hydrogens (tertiary/aromatic N) is 1. The molecule has 0 saturated heterocycles. The summed E-state index contributed by atoms with van der Waals surface area (Å²) in [6.07, 6.45) is 0. The van der Waals surface area contributed by atoms with Crippen molar-refractivity contribution >= 4 is 58.6 Å². The maximum atomic E-state index is 15.9. The van der Waals surface area contributed by atoms with Gasteiger partial charge in [0.2, 0.25) is 0 Å². The van der Waals surface area contributed by atoms with Crippen molar-refractivity contribution in [1.29, 1.82) is 0 Å². The van der Waals surface area contributed by atoms with Crippen LogP contribution in [0.5, 0.6) is 0 Å². The summed E-state index contributed by atoms with van der Waals surface area (Å²) in [5.74, 6) is 0. The molecule has 4 heteroatoms. The molecule has 0 aromatic heterocycles. The molecule has 2 aliphatic heterocycles. The van der Waals surface area contributed by atoms with Gasteiger partial charge in [0.25, 0.3) is 0 Å². The molecule has 2 nitrogen and oxygen atoms in total. The highest BCUT2D eigenvalue weighted by Gasteiger charge is 2.51. The van der Waals surface area contributed by atoms with Crippen LogP contribution in [0.2, 0.25) is 13.1 Å². The Labute approximate surface area is 289 Å². The molecule has 0 amide bonds. The van der Waals surface area contributed by atoms with Gasteiger partial charge in [0.15, 0.2) is 7.14 Å². The maximum absolute atomic E-state index is 15.9. The zero-order valence-electron chi connectivity index (χ0n) is 27.6. The van der Waals surface area contributed by atoms with E-state index in [1.807, 2.05) is 30.3 Å². The van der Waals surface area contributed by atoms with Crippen molar-refractivity contribution in [3.8, 4) is 0 Å². The second kappa shape index (κ2) is 11.2. The summed E-state index contributed by atoms with van der Waals surface area (Å²) in [5.41, 5.74) is 7.51. The summed E-state index contributed by atoms with van der Waals surface area (Å²) >= 11 is 0. The Morgan fingerprint density at radius 3 is 1.65 bits per heavy atom. The lowest BCUT2D eigenvalue weighted by atomic mass is 9.65. The minimum absolute atomic E-state index is 0.689. The van der Waals surface area contributed by atoms with Gasteiger partial charge in [0, 0.05) is 33.0 Å². The van der Waals surface area contributed by atoms with Gasteiger partial charge < -0.3 is 9.46 Å². The molecule has 7 aromatic rings. The van der Waals surface area contributed by atoms with E-state index in [-0.39, 0.29) is 0 Å². The van der Waals surface area contributed by atoms with Crippen LogP contribution in [0.4, 0.5) is 17.1 Å². The summed E-state index contributed by atoms with van der Waals surface area (Å²) in [7, 11) is -5.40. The highest BCUT2D eigenvalue weighted by Crippen LogP contribution is 2.57. The molecule has 0 fully saturated rings. The molecule has 7 aromatic carbocycles. The van der Waals surface area contributed by atoms with Crippen molar-refractivity contribution in [2.75, 3.05) is 4.90 Å². The van der Waals surface area contributed by atoms with Crippen molar-refractivity contribution in [3.63, 3.8) is 0 Å². The summed E-state index contributed by atoms with van der Waals surface area (Å²) < 4.78 is 15.9. The van der Waals surface area contributed by atoms with Gasteiger partial charge in [0.1, 0.15) is 8.07 Å². The standard InChI is InChI=1S/C45H36NOPSi/c1-49(2)43-29-17-14-26-39(43)46(35-20-8-4-9-21-35)40-31-30-34(32-44(40)49)45(33-18-6-3-7-19-33)37-24-12-15-27-41(37)48(47,36-22-10-5-11-23-36)42-28-16-13-25-38(42)45/h3-32H,1-2H3. The van der Waals surface area contributed by atoms with E-state index in [9.17, 15) is 0 Å². The predicted molar refractivity (Wildman–Crippen MR) is 209 cm³/mol. The lowest BCUT2D eigenvalue weighted by Gasteiger charge is -2.46. The zero-order valence-corrected chi connectivity index (χ0v) is 29.5. The topological polar surface area (TPSA) is 20.3 Å². The molecule has 0 spiro atoms. The third kappa shape index (κ3) is 4.16. The van der Waals surface area contributed by atoms with Gasteiger partial charge in [0.05, 0.1) is 5.41 Å². The normalized spacial score (nSPS) is 20.0. The van der Waals surface area contributed by atoms with Gasteiger partial charge in [-0.3, -0.25) is 0 Å². The lowest BCUT2D eigenvalue weighted by molar-refractivity contribution is 0.590. The van der Waals surface area contributed by atoms with E-state index in [0.717, 1.165) is 32.7 Å². The molecule has 0 unspecified atom stereocenters. The van der Waals surface area contributed by atoms with Crippen LogP contribution in [-0.4, -0.2) is 8.07 Å². The van der Waals surface area contributed by atoms with Crippen LogP contribution in [0.3, 0.4) is 0 Å². The molecule has 0 saturated carbocycles. The summed E-state index contributed by atoms with van der Waals surface area (Å²) in [6, 6.07) is 64.8. The number of benzene rings is 7. The number of hydrogen-bond donors (Lipinski definition) is 0. The summed E-state index contributed by atoms with van der Waals surface area (Å²) in [4.78, 5) is 2.44. The minimum atomic E-state index is -3.21. The van der Waals surface area contributed by atoms with Gasteiger partial charge in [-0.2, -0.15) is 0 Å². The minimum Gasteiger partial charge on any atom is -0.311 e. The molecule has 0 bridgehead atoms. The van der Waals surface area contributed by atoms with Gasteiger partial charge >= 0.3 is 0 Å². The molecule has 2 heterocycles. The number of fused-ring (bicyclic) bond motifs is 4. The van der Waals surface area contributed by atoms with Gasteiger partial charge in [-0.05, 0) is 56.9 Å². The Kier molecular flexibility index (Phi) is 6.81. The highest BCUT2D eigenvalue weighted by atomic mass is 31.2. The van der Waals surface area contributed by atoms with Crippen LogP contribution in [0.25, 0.3) is 0 Å². The van der Waals surface area contributed by atoms with Crippen molar-refractivity contribution in [3.05, 3.63) is 204 Å². The van der Waals surface area contributed by atoms with E-state index < -0.39 is 20.6 Å². The van der Waals surface area contributed by atoms with Gasteiger partial charge in [-0.15, -0.1) is 0 Å². The number of anilines is 3. The molecular formula is C45H36NOPSi. The van der Waals surface area contributed by atoms with E-state index in [0.29, 0.717) is 0 Å². The molecule has 236 valence electrons. The van der Waals surface area contributed by atoms with Crippen LogP contribution in [0.1, 0.15) is 22.3 Å². The Morgan fingerprint density at radius 2 is 1.00 bits per heavy atom. The Morgan fingerprint density at radius 1 is 0.490 bits per heavy atom. The fourth-order valence-electron chi connectivity index (χ4n) is 8.59. The molecular weight excluding hydrogens is 630 g/mol. The van der Waals surface area contributed by atoms with E-state index in [4.69, 9.17) is 0 Å². The van der Waals surface area contributed by atoms with Crippen molar-refractivity contribution in [1.82, 2.24) is 0 Å². The monoisotopic (exact) mass is 665 g/mol. The van der Waals surface area contributed by atoms with Crippen LogP contribution >= 0.6 is 7.14 Å². The highest BCUT2D eigenvalue weighted by molar-refractivity contribution is 7.85. The first-order valence-corrected chi connectivity index (χ1v) is 21.7. The number of rotatable bonds is 4. The van der Waals surface area contributed by atoms with Crippen molar-refractivity contribution in [2.24, 2.45) is 0 Å². The van der Waals surface area contributed by atoms with Crippen LogP contribution in [-0.2, 0) is 9.98 Å². The summed E-state index contributed by atoms with van der Waals surface area (Å²) in [5, 5.41) is 5.51. The van der Waals surface area contributed by atoms with E-state index >= 15 is 4.57 Å². The molecule has 0 atom stereocenters. The second-order valence-corrected chi connectivity index (χ2v) is 20.7. The zero-order chi connectivity index (χ0) is 33.2. The molecule has 0 radical (unpaired) electrons. The maximum Gasteiger partial charge on any atom is 0.171 e. The van der Waals surface area contributed by atoms with E-state index in [1.54, 1.807) is 0 Å². The Balaban J connectivity index is 1.40. The molecule has 2 aliphatic rings. The Bertz CT molecular complexity index is 2350. The van der Waals surface area contributed by atoms with E-state index in [1.165, 1.54) is 32.9 Å². The molecule has 9 rings (SSSR count). The van der Waals surface area contributed by atoms with Crippen molar-refractivity contribution < 1.29 is 4.57 Å². The first kappa shape index (κ1) is 29.9. The Hall–Kier alpha value is -5.21. The summed E-state index contributed by atoms with van der Waals surface area (Å²) in [6.45, 7) is 4.97. The SMILES string of the molecule is C[Si]1(C)c2ccccc2N(c2ccccc2)c2ccc(C3(c4ccccc4)c4ccccc4P(=O)(c4ccccc4)c4ccccc43)cc21. The second-order valence-electron chi connectivity index (χ2n) is 13.6. The van der Waals surface area contributed by atoms with Gasteiger partial charge in [-0.1, -0.05) is 171 Å².